The minimum absolute atomic E-state index is 0.237. The van der Waals surface area contributed by atoms with Gasteiger partial charge in [0.1, 0.15) is 0 Å². The third-order valence-corrected chi connectivity index (χ3v) is 3.03. The van der Waals surface area contributed by atoms with Crippen molar-refractivity contribution < 1.29 is 0 Å². The summed E-state index contributed by atoms with van der Waals surface area (Å²) in [5.74, 6) is 1.85. The summed E-state index contributed by atoms with van der Waals surface area (Å²) >= 11 is 5.86. The summed E-state index contributed by atoms with van der Waals surface area (Å²) in [5.41, 5.74) is 0. The van der Waals surface area contributed by atoms with E-state index < -0.39 is 0 Å². The van der Waals surface area contributed by atoms with Crippen LogP contribution in [0.4, 0.5) is 11.9 Å². The van der Waals surface area contributed by atoms with Crippen LogP contribution in [0.25, 0.3) is 0 Å². The molecule has 6 heteroatoms. The average molecular weight is 242 g/mol. The van der Waals surface area contributed by atoms with Crippen LogP contribution in [0, 0.1) is 5.92 Å². The summed E-state index contributed by atoms with van der Waals surface area (Å²) in [6, 6.07) is 0.457. The van der Waals surface area contributed by atoms with E-state index in [-0.39, 0.29) is 5.28 Å². The number of rotatable bonds is 2. The first-order valence-electron chi connectivity index (χ1n) is 5.46. The number of aromatic nitrogens is 3. The first kappa shape index (κ1) is 11.4. The van der Waals surface area contributed by atoms with E-state index in [0.717, 1.165) is 13.0 Å². The largest absolute Gasteiger partial charge is 0.357 e. The number of nitrogens with zero attached hydrogens (tertiary/aromatic N) is 4. The van der Waals surface area contributed by atoms with Crippen LogP contribution in [0.15, 0.2) is 0 Å². The average Bonchev–Trinajstić information content (AvgIpc) is 2.57. The van der Waals surface area contributed by atoms with Gasteiger partial charge >= 0.3 is 0 Å². The molecule has 1 N–H and O–H groups in total. The SMILES string of the molecule is CNc1nc(Cl)nc(N2CC(C)CC2C)n1. The Morgan fingerprint density at radius 2 is 2.06 bits per heavy atom. The summed E-state index contributed by atoms with van der Waals surface area (Å²) < 4.78 is 0. The lowest BCUT2D eigenvalue weighted by Crippen LogP contribution is -2.29. The van der Waals surface area contributed by atoms with E-state index in [1.165, 1.54) is 0 Å². The van der Waals surface area contributed by atoms with Crippen molar-refractivity contribution in [2.75, 3.05) is 23.8 Å². The number of hydrogen-bond donors (Lipinski definition) is 1. The number of halogens is 1. The molecule has 0 bridgehead atoms. The second kappa shape index (κ2) is 4.41. The highest BCUT2D eigenvalue weighted by Crippen LogP contribution is 2.27. The van der Waals surface area contributed by atoms with Crippen molar-refractivity contribution in [2.24, 2.45) is 5.92 Å². The van der Waals surface area contributed by atoms with Gasteiger partial charge in [-0.05, 0) is 30.9 Å². The normalized spacial score (nSPS) is 24.9. The zero-order valence-electron chi connectivity index (χ0n) is 9.74. The third-order valence-electron chi connectivity index (χ3n) is 2.86. The highest BCUT2D eigenvalue weighted by molar-refractivity contribution is 6.28. The maximum atomic E-state index is 5.86. The van der Waals surface area contributed by atoms with Gasteiger partial charge in [-0.1, -0.05) is 6.92 Å². The summed E-state index contributed by atoms with van der Waals surface area (Å²) in [6.45, 7) is 5.39. The fourth-order valence-electron chi connectivity index (χ4n) is 2.16. The summed E-state index contributed by atoms with van der Waals surface area (Å²) in [7, 11) is 1.77. The molecule has 0 aromatic carbocycles. The summed E-state index contributed by atoms with van der Waals surface area (Å²) in [6.07, 6.45) is 1.16. The van der Waals surface area contributed by atoms with E-state index in [1.54, 1.807) is 7.05 Å². The lowest BCUT2D eigenvalue weighted by Gasteiger charge is -2.21. The molecule has 1 fully saturated rings. The molecule has 0 saturated carbocycles. The molecule has 2 rings (SSSR count). The topological polar surface area (TPSA) is 53.9 Å². The number of nitrogens with one attached hydrogen (secondary N) is 1. The lowest BCUT2D eigenvalue weighted by atomic mass is 10.1. The van der Waals surface area contributed by atoms with Crippen LogP contribution in [0.5, 0.6) is 0 Å². The van der Waals surface area contributed by atoms with Gasteiger partial charge in [0, 0.05) is 19.6 Å². The van der Waals surface area contributed by atoms with E-state index in [4.69, 9.17) is 11.6 Å². The van der Waals surface area contributed by atoms with Gasteiger partial charge < -0.3 is 10.2 Å². The molecule has 0 radical (unpaired) electrons. The Bertz CT molecular complexity index is 383. The maximum absolute atomic E-state index is 5.86. The van der Waals surface area contributed by atoms with Gasteiger partial charge in [-0.2, -0.15) is 15.0 Å². The lowest BCUT2D eigenvalue weighted by molar-refractivity contribution is 0.624. The Kier molecular flexibility index (Phi) is 3.14. The number of anilines is 2. The quantitative estimate of drug-likeness (QED) is 0.856. The van der Waals surface area contributed by atoms with Crippen LogP contribution >= 0.6 is 11.6 Å². The van der Waals surface area contributed by atoms with Crippen molar-refractivity contribution in [3.63, 3.8) is 0 Å². The molecule has 1 aliphatic heterocycles. The minimum atomic E-state index is 0.237. The Balaban J connectivity index is 2.29. The first-order valence-corrected chi connectivity index (χ1v) is 5.84. The predicted molar refractivity (Wildman–Crippen MR) is 65.0 cm³/mol. The van der Waals surface area contributed by atoms with Crippen LogP contribution in [-0.4, -0.2) is 34.6 Å². The molecule has 1 saturated heterocycles. The molecule has 2 atom stereocenters. The van der Waals surface area contributed by atoms with Crippen molar-refractivity contribution in [3.8, 4) is 0 Å². The van der Waals surface area contributed by atoms with Gasteiger partial charge in [-0.15, -0.1) is 0 Å². The van der Waals surface area contributed by atoms with E-state index in [9.17, 15) is 0 Å². The van der Waals surface area contributed by atoms with Crippen molar-refractivity contribution in [1.82, 2.24) is 15.0 Å². The highest BCUT2D eigenvalue weighted by atomic mass is 35.5. The minimum Gasteiger partial charge on any atom is -0.357 e. The van der Waals surface area contributed by atoms with E-state index in [2.05, 4.69) is 39.0 Å². The van der Waals surface area contributed by atoms with E-state index in [0.29, 0.717) is 23.9 Å². The second-order valence-corrected chi connectivity index (χ2v) is 4.66. The van der Waals surface area contributed by atoms with Gasteiger partial charge in [-0.3, -0.25) is 0 Å². The van der Waals surface area contributed by atoms with Crippen LogP contribution in [0.3, 0.4) is 0 Å². The van der Waals surface area contributed by atoms with Crippen LogP contribution in [-0.2, 0) is 0 Å². The van der Waals surface area contributed by atoms with Gasteiger partial charge in [0.15, 0.2) is 0 Å². The van der Waals surface area contributed by atoms with E-state index >= 15 is 0 Å². The van der Waals surface area contributed by atoms with Crippen molar-refractivity contribution >= 4 is 23.5 Å². The molecule has 5 nitrogen and oxygen atoms in total. The van der Waals surface area contributed by atoms with Crippen LogP contribution < -0.4 is 10.2 Å². The van der Waals surface area contributed by atoms with Crippen molar-refractivity contribution in [1.29, 1.82) is 0 Å². The maximum Gasteiger partial charge on any atom is 0.231 e. The highest BCUT2D eigenvalue weighted by Gasteiger charge is 2.28. The number of hydrogen-bond acceptors (Lipinski definition) is 5. The summed E-state index contributed by atoms with van der Waals surface area (Å²) in [5, 5.41) is 3.12. The fourth-order valence-corrected chi connectivity index (χ4v) is 2.31. The molecular formula is C10H16ClN5. The molecule has 1 aromatic heterocycles. The second-order valence-electron chi connectivity index (χ2n) is 4.32. The zero-order valence-corrected chi connectivity index (χ0v) is 10.5. The molecule has 2 unspecified atom stereocenters. The van der Waals surface area contributed by atoms with E-state index in [1.807, 2.05) is 0 Å². The zero-order chi connectivity index (χ0) is 11.7. The van der Waals surface area contributed by atoms with Crippen LogP contribution in [0.1, 0.15) is 20.3 Å². The van der Waals surface area contributed by atoms with Crippen molar-refractivity contribution in [2.45, 2.75) is 26.3 Å². The van der Waals surface area contributed by atoms with Gasteiger partial charge in [0.05, 0.1) is 0 Å². The molecule has 1 aliphatic rings. The van der Waals surface area contributed by atoms with Crippen LogP contribution in [0.2, 0.25) is 5.28 Å². The predicted octanol–water partition coefficient (Wildman–Crippen LogP) is 1.80. The fraction of sp³-hybridized carbons (Fsp3) is 0.700. The first-order chi connectivity index (χ1) is 7.60. The molecule has 0 amide bonds. The monoisotopic (exact) mass is 241 g/mol. The Morgan fingerprint density at radius 3 is 2.62 bits per heavy atom. The standard InChI is InChI=1S/C10H16ClN5/c1-6-4-7(2)16(5-6)10-14-8(11)13-9(12-3)15-10/h6-7H,4-5H2,1-3H3,(H,12,13,14,15). The summed E-state index contributed by atoms with van der Waals surface area (Å²) in [4.78, 5) is 14.7. The van der Waals surface area contributed by atoms with Gasteiger partial charge in [0.25, 0.3) is 0 Å². The third kappa shape index (κ3) is 2.19. The van der Waals surface area contributed by atoms with Gasteiger partial charge in [0.2, 0.25) is 17.2 Å². The molecule has 0 spiro atoms. The van der Waals surface area contributed by atoms with Crippen molar-refractivity contribution in [3.05, 3.63) is 5.28 Å². The molecule has 88 valence electrons. The Hall–Kier alpha value is -1.10. The Morgan fingerprint density at radius 1 is 1.31 bits per heavy atom. The molecule has 0 aliphatic carbocycles. The molecule has 2 heterocycles. The molecule has 16 heavy (non-hydrogen) atoms. The Labute approximate surface area is 100 Å². The van der Waals surface area contributed by atoms with Gasteiger partial charge in [-0.25, -0.2) is 0 Å². The molecular weight excluding hydrogens is 226 g/mol. The smallest absolute Gasteiger partial charge is 0.231 e. The molecule has 1 aromatic rings.